The van der Waals surface area contributed by atoms with Gasteiger partial charge < -0.3 is 24.3 Å². The van der Waals surface area contributed by atoms with Gasteiger partial charge in [0.25, 0.3) is 0 Å². The van der Waals surface area contributed by atoms with Crippen molar-refractivity contribution in [3.63, 3.8) is 0 Å². The van der Waals surface area contributed by atoms with Crippen LogP contribution in [0.5, 0.6) is 0 Å². The molecule has 0 fully saturated rings. The molecule has 1 heterocycles. The summed E-state index contributed by atoms with van der Waals surface area (Å²) in [7, 11) is 0. The van der Waals surface area contributed by atoms with Gasteiger partial charge in [0, 0.05) is 37.0 Å². The van der Waals surface area contributed by atoms with Crippen molar-refractivity contribution in [2.24, 2.45) is 0 Å². The molecule has 12 heteroatoms. The van der Waals surface area contributed by atoms with E-state index < -0.39 is 17.9 Å². The highest BCUT2D eigenvalue weighted by Gasteiger charge is 2.10. The maximum absolute atomic E-state index is 11.9. The third kappa shape index (κ3) is 15.2. The molecule has 0 saturated carbocycles. The number of nitrogens with zero attached hydrogens (tertiary/aromatic N) is 2. The minimum atomic E-state index is -0.551. The molecule has 0 aromatic carbocycles. The van der Waals surface area contributed by atoms with Crippen LogP contribution in [0.4, 0.5) is 0 Å². The summed E-state index contributed by atoms with van der Waals surface area (Å²) >= 11 is 0. The number of hydrogen-bond donors (Lipinski definition) is 1. The fraction of sp³-hybridized carbons (Fsp3) is 0.538. The van der Waals surface area contributed by atoms with Crippen LogP contribution in [0.25, 0.3) is 0 Å². The van der Waals surface area contributed by atoms with Crippen LogP contribution < -0.4 is 9.88 Å². The van der Waals surface area contributed by atoms with Gasteiger partial charge in [0.05, 0.1) is 19.6 Å². The lowest BCUT2D eigenvalue weighted by Crippen LogP contribution is -2.34. The van der Waals surface area contributed by atoms with Gasteiger partial charge in [0.1, 0.15) is 38.8 Å². The molecule has 0 radical (unpaired) electrons. The summed E-state index contributed by atoms with van der Waals surface area (Å²) in [6.45, 7) is 11.8. The molecule has 12 nitrogen and oxygen atoms in total. The molecule has 0 saturated heterocycles. The van der Waals surface area contributed by atoms with Crippen LogP contribution >= 0.6 is 0 Å². The molecule has 0 aliphatic carbocycles. The van der Waals surface area contributed by atoms with Crippen molar-refractivity contribution in [2.75, 3.05) is 33.0 Å². The summed E-state index contributed by atoms with van der Waals surface area (Å²) in [4.78, 5) is 57.8. The third-order valence-corrected chi connectivity index (χ3v) is 4.87. The van der Waals surface area contributed by atoms with E-state index in [0.717, 1.165) is 0 Å². The Morgan fingerprint density at radius 3 is 2.08 bits per heavy atom. The summed E-state index contributed by atoms with van der Waals surface area (Å²) in [6, 6.07) is 0. The predicted octanol–water partition coefficient (Wildman–Crippen LogP) is 1.17. The van der Waals surface area contributed by atoms with Crippen LogP contribution in [0.1, 0.15) is 46.0 Å². The second-order valence-electron chi connectivity index (χ2n) is 8.47. The van der Waals surface area contributed by atoms with E-state index in [9.17, 15) is 24.0 Å². The lowest BCUT2D eigenvalue weighted by atomic mass is 10.3. The van der Waals surface area contributed by atoms with E-state index in [1.165, 1.54) is 6.92 Å². The Bertz CT molecular complexity index is 984. The summed E-state index contributed by atoms with van der Waals surface area (Å²) in [6.07, 6.45) is 6.78. The molecule has 0 bridgehead atoms. The first-order valence-corrected chi connectivity index (χ1v) is 12.4. The molecule has 0 aliphatic rings. The SMILES string of the molecule is C=C(C)C(=O)OCCCC(=O)OCCn1cc[n+](CCCNC(=O)CCC(=O)OCCOC(=O)C(=C)C)c1. The maximum Gasteiger partial charge on any atom is 0.333 e. The molecular formula is C26H38N3O9+. The summed E-state index contributed by atoms with van der Waals surface area (Å²) in [5.74, 6) is -2.18. The van der Waals surface area contributed by atoms with Gasteiger partial charge in [-0.15, -0.1) is 0 Å². The topological polar surface area (TPSA) is 143 Å². The molecule has 210 valence electrons. The Kier molecular flexibility index (Phi) is 15.5. The van der Waals surface area contributed by atoms with Crippen molar-refractivity contribution < 1.29 is 47.5 Å². The normalized spacial score (nSPS) is 10.3. The van der Waals surface area contributed by atoms with Crippen LogP contribution in [0.15, 0.2) is 43.0 Å². The molecule has 0 atom stereocenters. The second-order valence-corrected chi connectivity index (χ2v) is 8.47. The van der Waals surface area contributed by atoms with E-state index in [4.69, 9.17) is 18.9 Å². The zero-order chi connectivity index (χ0) is 28.3. The average Bonchev–Trinajstić information content (AvgIpc) is 3.32. The first kappa shape index (κ1) is 32.1. The monoisotopic (exact) mass is 536 g/mol. The van der Waals surface area contributed by atoms with E-state index in [-0.39, 0.29) is 63.1 Å². The van der Waals surface area contributed by atoms with E-state index in [1.54, 1.807) is 6.92 Å². The fourth-order valence-corrected chi connectivity index (χ4v) is 2.82. The number of rotatable bonds is 19. The highest BCUT2D eigenvalue weighted by molar-refractivity contribution is 5.87. The van der Waals surface area contributed by atoms with E-state index >= 15 is 0 Å². The van der Waals surface area contributed by atoms with E-state index in [0.29, 0.717) is 38.0 Å². The predicted molar refractivity (Wildman–Crippen MR) is 134 cm³/mol. The zero-order valence-electron chi connectivity index (χ0n) is 22.2. The van der Waals surface area contributed by atoms with Gasteiger partial charge in [-0.2, -0.15) is 0 Å². The molecule has 0 unspecified atom stereocenters. The van der Waals surface area contributed by atoms with Gasteiger partial charge in [-0.3, -0.25) is 14.4 Å². The lowest BCUT2D eigenvalue weighted by molar-refractivity contribution is -0.696. The number of carbonyl (C=O) groups is 5. The molecular weight excluding hydrogens is 498 g/mol. The lowest BCUT2D eigenvalue weighted by Gasteiger charge is -2.07. The van der Waals surface area contributed by atoms with Gasteiger partial charge in [-0.1, -0.05) is 13.2 Å². The number of esters is 4. The number of carbonyl (C=O) groups excluding carboxylic acids is 5. The van der Waals surface area contributed by atoms with Crippen molar-refractivity contribution >= 4 is 29.8 Å². The molecule has 1 rings (SSSR count). The van der Waals surface area contributed by atoms with Crippen LogP contribution in [0.2, 0.25) is 0 Å². The minimum Gasteiger partial charge on any atom is -0.462 e. The Morgan fingerprint density at radius 1 is 0.789 bits per heavy atom. The molecule has 1 aromatic rings. The van der Waals surface area contributed by atoms with Crippen molar-refractivity contribution in [1.29, 1.82) is 0 Å². The molecule has 0 aliphatic heterocycles. The Morgan fingerprint density at radius 2 is 1.39 bits per heavy atom. The molecule has 1 aromatic heterocycles. The van der Waals surface area contributed by atoms with Crippen LogP contribution in [-0.2, 0) is 56.0 Å². The van der Waals surface area contributed by atoms with Gasteiger partial charge in [-0.05, 0) is 20.3 Å². The third-order valence-electron chi connectivity index (χ3n) is 4.87. The molecule has 1 N–H and O–H groups in total. The van der Waals surface area contributed by atoms with Crippen LogP contribution in [0.3, 0.4) is 0 Å². The second kappa shape index (κ2) is 18.3. The van der Waals surface area contributed by atoms with Gasteiger partial charge in [0.2, 0.25) is 12.2 Å². The molecule has 1 amide bonds. The number of ether oxygens (including phenoxy) is 4. The fourth-order valence-electron chi connectivity index (χ4n) is 2.82. The zero-order valence-corrected chi connectivity index (χ0v) is 22.2. The smallest absolute Gasteiger partial charge is 0.333 e. The number of hydrogen-bond acceptors (Lipinski definition) is 9. The van der Waals surface area contributed by atoms with Crippen LogP contribution in [0, 0.1) is 0 Å². The largest absolute Gasteiger partial charge is 0.462 e. The van der Waals surface area contributed by atoms with Crippen molar-refractivity contribution in [3.05, 3.63) is 43.0 Å². The minimum absolute atomic E-state index is 0.00622. The maximum atomic E-state index is 11.9. The molecule has 38 heavy (non-hydrogen) atoms. The first-order valence-electron chi connectivity index (χ1n) is 12.4. The number of aryl methyl sites for hydroxylation is 1. The van der Waals surface area contributed by atoms with Crippen LogP contribution in [-0.4, -0.2) is 67.3 Å². The summed E-state index contributed by atoms with van der Waals surface area (Å²) < 4.78 is 23.7. The first-order chi connectivity index (χ1) is 18.1. The van der Waals surface area contributed by atoms with Crippen molar-refractivity contribution in [3.8, 4) is 0 Å². The Labute approximate surface area is 222 Å². The highest BCUT2D eigenvalue weighted by atomic mass is 16.6. The number of amides is 1. The number of nitrogens with one attached hydrogen (secondary N) is 1. The summed E-state index contributed by atoms with van der Waals surface area (Å²) in [5, 5.41) is 2.75. The van der Waals surface area contributed by atoms with Gasteiger partial charge in [0.15, 0.2) is 0 Å². The highest BCUT2D eigenvalue weighted by Crippen LogP contribution is 1.99. The number of imidazole rings is 1. The summed E-state index contributed by atoms with van der Waals surface area (Å²) in [5.41, 5.74) is 0.575. The Hall–Kier alpha value is -3.96. The molecule has 0 spiro atoms. The average molecular weight is 537 g/mol. The van der Waals surface area contributed by atoms with E-state index in [2.05, 4.69) is 18.5 Å². The quantitative estimate of drug-likeness (QED) is 0.0906. The van der Waals surface area contributed by atoms with E-state index in [1.807, 2.05) is 27.9 Å². The van der Waals surface area contributed by atoms with Crippen molar-refractivity contribution in [2.45, 2.75) is 59.0 Å². The standard InChI is InChI=1S/C26H37N3O9/c1-20(2)25(33)37-15-5-7-23(31)35-16-14-29-13-12-28(19-29)11-6-10-27-22(30)8-9-24(32)36-17-18-38-26(34)21(3)4/h12-13,19H,1,3,5-11,14-18H2,2,4H3/p+1. The van der Waals surface area contributed by atoms with Crippen molar-refractivity contribution in [1.82, 2.24) is 9.88 Å². The van der Waals surface area contributed by atoms with Gasteiger partial charge in [-0.25, -0.2) is 18.7 Å². The Balaban J connectivity index is 2.08. The number of aromatic nitrogens is 2. The van der Waals surface area contributed by atoms with Gasteiger partial charge >= 0.3 is 23.9 Å².